The number of H-pyrrole nitrogens is 1. The summed E-state index contributed by atoms with van der Waals surface area (Å²) < 4.78 is 13.1. The van der Waals surface area contributed by atoms with E-state index in [0.29, 0.717) is 60.7 Å². The van der Waals surface area contributed by atoms with Crippen LogP contribution < -0.4 is 15.5 Å². The summed E-state index contributed by atoms with van der Waals surface area (Å²) in [6.07, 6.45) is 3.25. The molecule has 11 heteroatoms. The van der Waals surface area contributed by atoms with Gasteiger partial charge in [-0.05, 0) is 43.7 Å². The van der Waals surface area contributed by atoms with Crippen LogP contribution in [0.4, 0.5) is 27.7 Å². The molecule has 3 aromatic heterocycles. The molecule has 178 valence electrons. The molecule has 1 aliphatic carbocycles. The lowest BCUT2D eigenvalue weighted by molar-refractivity contribution is -0.117. The standard InChI is InChI=1S/C23H27FN8O2/c1-12(2)15-10-19(31-30-15)27-21-14-6-7-17(33)20(14)28-23(29-21)32-9-3-4-16(32)22(34)26-13-5-8-18(24)25-11-13/h5,8,10-12,16-17,33H,3-4,6-7,9H2,1-2H3,(H,26,34)(H2,27,28,29,30,31)/t16-,17-/m1/s1. The van der Waals surface area contributed by atoms with Crippen LogP contribution in [-0.4, -0.2) is 48.7 Å². The third kappa shape index (κ3) is 4.30. The largest absolute Gasteiger partial charge is 0.387 e. The summed E-state index contributed by atoms with van der Waals surface area (Å²) in [5.74, 6) is 1.07. The Balaban J connectivity index is 1.42. The van der Waals surface area contributed by atoms with Crippen LogP contribution in [0.15, 0.2) is 24.4 Å². The van der Waals surface area contributed by atoms with Crippen molar-refractivity contribution in [3.8, 4) is 0 Å². The second-order valence-corrected chi connectivity index (χ2v) is 8.99. The highest BCUT2D eigenvalue weighted by molar-refractivity contribution is 5.96. The van der Waals surface area contributed by atoms with Crippen molar-refractivity contribution in [1.29, 1.82) is 0 Å². The first-order valence-corrected chi connectivity index (χ1v) is 11.5. The molecule has 0 radical (unpaired) electrons. The highest BCUT2D eigenvalue weighted by Gasteiger charge is 2.35. The molecule has 1 amide bonds. The third-order valence-electron chi connectivity index (χ3n) is 6.28. The fourth-order valence-electron chi connectivity index (χ4n) is 4.43. The molecule has 2 aliphatic rings. The Morgan fingerprint density at radius 3 is 2.88 bits per heavy atom. The maximum atomic E-state index is 13.1. The Kier molecular flexibility index (Phi) is 5.86. The van der Waals surface area contributed by atoms with E-state index < -0.39 is 18.1 Å². The molecule has 1 fully saturated rings. The van der Waals surface area contributed by atoms with Crippen LogP contribution in [0, 0.1) is 5.95 Å². The maximum Gasteiger partial charge on any atom is 0.247 e. The predicted molar refractivity (Wildman–Crippen MR) is 124 cm³/mol. The summed E-state index contributed by atoms with van der Waals surface area (Å²) in [6, 6.07) is 4.11. The number of fused-ring (bicyclic) bond motifs is 1. The van der Waals surface area contributed by atoms with Crippen molar-refractivity contribution < 1.29 is 14.3 Å². The summed E-state index contributed by atoms with van der Waals surface area (Å²) in [5.41, 5.74) is 2.87. The van der Waals surface area contributed by atoms with Gasteiger partial charge in [0.05, 0.1) is 23.7 Å². The van der Waals surface area contributed by atoms with Crippen molar-refractivity contribution >= 4 is 29.2 Å². The van der Waals surface area contributed by atoms with Gasteiger partial charge >= 0.3 is 0 Å². The Morgan fingerprint density at radius 2 is 2.15 bits per heavy atom. The summed E-state index contributed by atoms with van der Waals surface area (Å²) >= 11 is 0. The molecule has 1 aliphatic heterocycles. The quantitative estimate of drug-likeness (QED) is 0.407. The van der Waals surface area contributed by atoms with Crippen LogP contribution in [0.3, 0.4) is 0 Å². The Bertz CT molecular complexity index is 1200. The van der Waals surface area contributed by atoms with Gasteiger partial charge in [-0.25, -0.2) is 9.97 Å². The van der Waals surface area contributed by atoms with Crippen LogP contribution in [0.2, 0.25) is 0 Å². The van der Waals surface area contributed by atoms with Gasteiger partial charge < -0.3 is 20.6 Å². The number of nitrogens with zero attached hydrogens (tertiary/aromatic N) is 5. The van der Waals surface area contributed by atoms with E-state index in [1.54, 1.807) is 0 Å². The number of carbonyl (C=O) groups is 1. The number of aromatic nitrogens is 5. The lowest BCUT2D eigenvalue weighted by atomic mass is 10.1. The number of halogens is 1. The number of aliphatic hydroxyl groups excluding tert-OH is 1. The SMILES string of the molecule is CC(C)c1cc(Nc2nc(N3CCC[C@@H]3C(=O)Nc3ccc(F)nc3)nc3c2CC[C@H]3O)n[nH]1. The second kappa shape index (κ2) is 8.98. The highest BCUT2D eigenvalue weighted by atomic mass is 19.1. The molecule has 34 heavy (non-hydrogen) atoms. The van der Waals surface area contributed by atoms with E-state index in [4.69, 9.17) is 4.98 Å². The van der Waals surface area contributed by atoms with E-state index in [2.05, 4.69) is 44.6 Å². The van der Waals surface area contributed by atoms with Gasteiger partial charge in [-0.3, -0.25) is 9.89 Å². The van der Waals surface area contributed by atoms with Crippen molar-refractivity contribution in [3.63, 3.8) is 0 Å². The first-order valence-electron chi connectivity index (χ1n) is 11.5. The van der Waals surface area contributed by atoms with E-state index >= 15 is 0 Å². The van der Waals surface area contributed by atoms with Crippen molar-refractivity contribution in [1.82, 2.24) is 25.1 Å². The lowest BCUT2D eigenvalue weighted by Crippen LogP contribution is -2.40. The molecular formula is C23H27FN8O2. The summed E-state index contributed by atoms with van der Waals surface area (Å²) in [4.78, 5) is 27.9. The number of carbonyl (C=O) groups excluding carboxylic acids is 1. The normalized spacial score (nSPS) is 19.5. The lowest BCUT2D eigenvalue weighted by Gasteiger charge is -2.25. The molecule has 5 rings (SSSR count). The number of pyridine rings is 1. The van der Waals surface area contributed by atoms with Gasteiger partial charge in [0.25, 0.3) is 0 Å². The van der Waals surface area contributed by atoms with Gasteiger partial charge in [-0.15, -0.1) is 0 Å². The number of aromatic amines is 1. The number of nitrogens with one attached hydrogen (secondary N) is 3. The Labute approximate surface area is 196 Å². The van der Waals surface area contributed by atoms with E-state index in [0.717, 1.165) is 17.7 Å². The molecule has 0 unspecified atom stereocenters. The number of hydrogen-bond donors (Lipinski definition) is 4. The molecule has 4 heterocycles. The monoisotopic (exact) mass is 466 g/mol. The molecule has 0 spiro atoms. The van der Waals surface area contributed by atoms with E-state index in [1.807, 2.05) is 11.0 Å². The van der Waals surface area contributed by atoms with Crippen molar-refractivity contribution in [3.05, 3.63) is 47.3 Å². The number of aliphatic hydroxyl groups is 1. The zero-order valence-electron chi connectivity index (χ0n) is 19.0. The van der Waals surface area contributed by atoms with Crippen LogP contribution >= 0.6 is 0 Å². The van der Waals surface area contributed by atoms with Crippen LogP contribution in [0.5, 0.6) is 0 Å². The fourth-order valence-corrected chi connectivity index (χ4v) is 4.43. The third-order valence-corrected chi connectivity index (χ3v) is 6.28. The molecule has 10 nitrogen and oxygen atoms in total. The van der Waals surface area contributed by atoms with Gasteiger partial charge in [0.15, 0.2) is 5.82 Å². The zero-order chi connectivity index (χ0) is 23.8. The van der Waals surface area contributed by atoms with Crippen molar-refractivity contribution in [2.24, 2.45) is 0 Å². The second-order valence-electron chi connectivity index (χ2n) is 8.99. The van der Waals surface area contributed by atoms with E-state index in [-0.39, 0.29) is 5.91 Å². The molecule has 0 bridgehead atoms. The minimum Gasteiger partial charge on any atom is -0.387 e. The number of amides is 1. The van der Waals surface area contributed by atoms with E-state index in [9.17, 15) is 14.3 Å². The molecule has 3 aromatic rings. The molecule has 4 N–H and O–H groups in total. The minimum atomic E-state index is -0.678. The average Bonchev–Trinajstić information content (AvgIpc) is 3.56. The van der Waals surface area contributed by atoms with Gasteiger partial charge in [0.1, 0.15) is 11.9 Å². The van der Waals surface area contributed by atoms with Gasteiger partial charge in [-0.1, -0.05) is 13.8 Å². The number of hydrogen-bond acceptors (Lipinski definition) is 8. The van der Waals surface area contributed by atoms with Crippen LogP contribution in [-0.2, 0) is 11.2 Å². The maximum absolute atomic E-state index is 13.1. The fraction of sp³-hybridized carbons (Fsp3) is 0.435. The molecule has 1 saturated heterocycles. The van der Waals surface area contributed by atoms with Crippen LogP contribution in [0.1, 0.15) is 62.1 Å². The first kappa shape index (κ1) is 22.2. The van der Waals surface area contributed by atoms with Crippen molar-refractivity contribution in [2.75, 3.05) is 22.1 Å². The topological polar surface area (TPSA) is 132 Å². The summed E-state index contributed by atoms with van der Waals surface area (Å²) in [6.45, 7) is 4.76. The first-order chi connectivity index (χ1) is 16.4. The predicted octanol–water partition coefficient (Wildman–Crippen LogP) is 3.19. The van der Waals surface area contributed by atoms with Gasteiger partial charge in [0, 0.05) is 23.9 Å². The minimum absolute atomic E-state index is 0.237. The zero-order valence-corrected chi connectivity index (χ0v) is 19.0. The highest BCUT2D eigenvalue weighted by Crippen LogP contribution is 2.37. The summed E-state index contributed by atoms with van der Waals surface area (Å²) in [5, 5.41) is 24.0. The smallest absolute Gasteiger partial charge is 0.247 e. The van der Waals surface area contributed by atoms with Gasteiger partial charge in [-0.2, -0.15) is 14.5 Å². The number of anilines is 4. The molecule has 0 saturated carbocycles. The molecular weight excluding hydrogens is 439 g/mol. The Morgan fingerprint density at radius 1 is 1.29 bits per heavy atom. The van der Waals surface area contributed by atoms with Crippen LogP contribution in [0.25, 0.3) is 0 Å². The van der Waals surface area contributed by atoms with E-state index in [1.165, 1.54) is 18.3 Å². The average molecular weight is 467 g/mol. The summed E-state index contributed by atoms with van der Waals surface area (Å²) in [7, 11) is 0. The number of rotatable bonds is 6. The Hall–Kier alpha value is -3.60. The molecule has 2 atom stereocenters. The molecule has 0 aromatic carbocycles. The van der Waals surface area contributed by atoms with Crippen molar-refractivity contribution in [2.45, 2.75) is 57.6 Å². The van der Waals surface area contributed by atoms with Gasteiger partial charge in [0.2, 0.25) is 17.8 Å².